The first kappa shape index (κ1) is 12.9. The zero-order valence-corrected chi connectivity index (χ0v) is 11.4. The lowest BCUT2D eigenvalue weighted by atomic mass is 9.80. The summed E-state index contributed by atoms with van der Waals surface area (Å²) in [5, 5.41) is 3.52. The minimum Gasteiger partial charge on any atom is -0.323 e. The Morgan fingerprint density at radius 2 is 2.06 bits per heavy atom. The van der Waals surface area contributed by atoms with Gasteiger partial charge in [-0.05, 0) is 31.6 Å². The normalized spacial score (nSPS) is 37.4. The molecule has 1 aliphatic carbocycles. The monoisotopic (exact) mass is 238 g/mol. The molecule has 1 heterocycles. The maximum absolute atomic E-state index is 12.4. The lowest BCUT2D eigenvalue weighted by Gasteiger charge is -2.42. The zero-order chi connectivity index (χ0) is 12.4. The first-order valence-corrected chi connectivity index (χ1v) is 7.25. The highest BCUT2D eigenvalue weighted by Crippen LogP contribution is 2.35. The van der Waals surface area contributed by atoms with Crippen molar-refractivity contribution in [1.82, 2.24) is 10.2 Å². The molecule has 0 radical (unpaired) electrons. The van der Waals surface area contributed by atoms with Gasteiger partial charge in [-0.2, -0.15) is 0 Å². The summed E-state index contributed by atoms with van der Waals surface area (Å²) in [6.45, 7) is 6.63. The Bertz CT molecular complexity index is 273. The third-order valence-electron chi connectivity index (χ3n) is 4.26. The third kappa shape index (κ3) is 2.49. The van der Waals surface area contributed by atoms with Gasteiger partial charge in [0.15, 0.2) is 0 Å². The van der Waals surface area contributed by atoms with Crippen molar-refractivity contribution in [2.45, 2.75) is 77.5 Å². The standard InChI is InChI=1S/C14H26N2O/c1-4-6-7-12-14(17)16(13(5-2)15-12)11-8-10(3)9-11/h10-13,15H,4-9H2,1-3H3. The maximum Gasteiger partial charge on any atom is 0.241 e. The largest absolute Gasteiger partial charge is 0.323 e. The van der Waals surface area contributed by atoms with E-state index < -0.39 is 0 Å². The summed E-state index contributed by atoms with van der Waals surface area (Å²) < 4.78 is 0. The van der Waals surface area contributed by atoms with Crippen LogP contribution in [-0.2, 0) is 4.79 Å². The molecule has 1 aliphatic heterocycles. The highest BCUT2D eigenvalue weighted by Gasteiger charge is 2.44. The second-order valence-corrected chi connectivity index (χ2v) is 5.76. The van der Waals surface area contributed by atoms with Crippen molar-refractivity contribution >= 4 is 5.91 Å². The molecular formula is C14H26N2O. The summed E-state index contributed by atoms with van der Waals surface area (Å²) in [6, 6.07) is 0.609. The van der Waals surface area contributed by atoms with Crippen molar-refractivity contribution in [3.63, 3.8) is 0 Å². The number of nitrogens with one attached hydrogen (secondary N) is 1. The van der Waals surface area contributed by atoms with Crippen LogP contribution in [0.15, 0.2) is 0 Å². The first-order chi connectivity index (χ1) is 8.17. The Morgan fingerprint density at radius 3 is 2.59 bits per heavy atom. The van der Waals surface area contributed by atoms with E-state index in [0.29, 0.717) is 18.1 Å². The number of amides is 1. The van der Waals surface area contributed by atoms with Crippen LogP contribution in [0.1, 0.15) is 59.3 Å². The van der Waals surface area contributed by atoms with Crippen LogP contribution in [0.5, 0.6) is 0 Å². The van der Waals surface area contributed by atoms with Crippen molar-refractivity contribution in [3.05, 3.63) is 0 Å². The molecule has 3 nitrogen and oxygen atoms in total. The summed E-state index contributed by atoms with van der Waals surface area (Å²) in [6.07, 6.45) is 7.04. The number of unbranched alkanes of at least 4 members (excludes halogenated alkanes) is 1. The summed E-state index contributed by atoms with van der Waals surface area (Å²) >= 11 is 0. The van der Waals surface area contributed by atoms with Crippen LogP contribution < -0.4 is 5.32 Å². The molecule has 0 aromatic carbocycles. The Kier molecular flexibility index (Phi) is 4.08. The van der Waals surface area contributed by atoms with E-state index >= 15 is 0 Å². The van der Waals surface area contributed by atoms with Gasteiger partial charge in [0.2, 0.25) is 5.91 Å². The zero-order valence-electron chi connectivity index (χ0n) is 11.4. The molecule has 2 unspecified atom stereocenters. The highest BCUT2D eigenvalue weighted by atomic mass is 16.2. The first-order valence-electron chi connectivity index (χ1n) is 7.25. The Morgan fingerprint density at radius 1 is 1.35 bits per heavy atom. The van der Waals surface area contributed by atoms with E-state index in [2.05, 4.69) is 31.0 Å². The van der Waals surface area contributed by atoms with Gasteiger partial charge in [-0.3, -0.25) is 10.1 Å². The molecule has 1 saturated carbocycles. The molecule has 2 atom stereocenters. The van der Waals surface area contributed by atoms with Gasteiger partial charge in [-0.15, -0.1) is 0 Å². The van der Waals surface area contributed by atoms with E-state index in [9.17, 15) is 4.79 Å². The highest BCUT2D eigenvalue weighted by molar-refractivity contribution is 5.84. The molecule has 98 valence electrons. The van der Waals surface area contributed by atoms with Gasteiger partial charge in [-0.1, -0.05) is 33.6 Å². The average molecular weight is 238 g/mol. The van der Waals surface area contributed by atoms with Crippen LogP contribution in [0.2, 0.25) is 0 Å². The lowest BCUT2D eigenvalue weighted by molar-refractivity contribution is -0.135. The number of hydrogen-bond acceptors (Lipinski definition) is 2. The van der Waals surface area contributed by atoms with Crippen LogP contribution >= 0.6 is 0 Å². The van der Waals surface area contributed by atoms with Gasteiger partial charge in [0.1, 0.15) is 0 Å². The van der Waals surface area contributed by atoms with Crippen LogP contribution in [0.4, 0.5) is 0 Å². The minimum absolute atomic E-state index is 0.0933. The molecule has 1 saturated heterocycles. The van der Waals surface area contributed by atoms with E-state index in [1.165, 1.54) is 19.3 Å². The third-order valence-corrected chi connectivity index (χ3v) is 4.26. The summed E-state index contributed by atoms with van der Waals surface area (Å²) in [5.74, 6) is 1.17. The van der Waals surface area contributed by atoms with E-state index in [1.807, 2.05) is 0 Å². The van der Waals surface area contributed by atoms with Crippen LogP contribution in [0.25, 0.3) is 0 Å². The molecule has 2 aliphatic rings. The molecule has 2 fully saturated rings. The molecule has 0 aromatic heterocycles. The van der Waals surface area contributed by atoms with Gasteiger partial charge in [0.25, 0.3) is 0 Å². The fourth-order valence-electron chi connectivity index (χ4n) is 3.17. The second kappa shape index (κ2) is 5.38. The molecule has 3 heteroatoms. The van der Waals surface area contributed by atoms with Gasteiger partial charge < -0.3 is 4.90 Å². The predicted molar refractivity (Wildman–Crippen MR) is 69.6 cm³/mol. The number of carbonyl (C=O) groups excluding carboxylic acids is 1. The molecule has 1 amide bonds. The van der Waals surface area contributed by atoms with Crippen molar-refractivity contribution in [3.8, 4) is 0 Å². The lowest BCUT2D eigenvalue weighted by Crippen LogP contribution is -2.50. The number of hydrogen-bond donors (Lipinski definition) is 1. The van der Waals surface area contributed by atoms with Gasteiger partial charge in [-0.25, -0.2) is 0 Å². The molecule has 17 heavy (non-hydrogen) atoms. The fourth-order valence-corrected chi connectivity index (χ4v) is 3.17. The average Bonchev–Trinajstić information content (AvgIpc) is 2.59. The van der Waals surface area contributed by atoms with Gasteiger partial charge in [0.05, 0.1) is 12.2 Å². The fraction of sp³-hybridized carbons (Fsp3) is 0.929. The minimum atomic E-state index is 0.0933. The summed E-state index contributed by atoms with van der Waals surface area (Å²) in [4.78, 5) is 14.5. The molecular weight excluding hydrogens is 212 g/mol. The van der Waals surface area contributed by atoms with E-state index in [-0.39, 0.29) is 6.04 Å². The Balaban J connectivity index is 1.96. The van der Waals surface area contributed by atoms with Gasteiger partial charge in [0, 0.05) is 6.04 Å². The smallest absolute Gasteiger partial charge is 0.241 e. The quantitative estimate of drug-likeness (QED) is 0.798. The summed E-state index contributed by atoms with van der Waals surface area (Å²) in [7, 11) is 0. The molecule has 0 aromatic rings. The van der Waals surface area contributed by atoms with Crippen LogP contribution in [-0.4, -0.2) is 29.1 Å². The van der Waals surface area contributed by atoms with Crippen molar-refractivity contribution in [1.29, 1.82) is 0 Å². The van der Waals surface area contributed by atoms with Crippen molar-refractivity contribution < 1.29 is 4.79 Å². The van der Waals surface area contributed by atoms with Gasteiger partial charge >= 0.3 is 0 Å². The van der Waals surface area contributed by atoms with E-state index in [4.69, 9.17) is 0 Å². The molecule has 1 N–H and O–H groups in total. The second-order valence-electron chi connectivity index (χ2n) is 5.76. The number of nitrogens with zero attached hydrogens (tertiary/aromatic N) is 1. The molecule has 2 rings (SSSR count). The van der Waals surface area contributed by atoms with Crippen LogP contribution in [0, 0.1) is 5.92 Å². The number of carbonyl (C=O) groups is 1. The SMILES string of the molecule is CCCCC1NC(CC)N(C2CC(C)C2)C1=O. The number of rotatable bonds is 5. The topological polar surface area (TPSA) is 32.3 Å². The van der Waals surface area contributed by atoms with Crippen molar-refractivity contribution in [2.75, 3.05) is 0 Å². The maximum atomic E-state index is 12.4. The van der Waals surface area contributed by atoms with Crippen LogP contribution in [0.3, 0.4) is 0 Å². The molecule has 0 spiro atoms. The Labute approximate surface area is 105 Å². The van der Waals surface area contributed by atoms with E-state index in [0.717, 1.165) is 25.2 Å². The Hall–Kier alpha value is -0.570. The predicted octanol–water partition coefficient (Wildman–Crippen LogP) is 2.51. The van der Waals surface area contributed by atoms with Crippen molar-refractivity contribution in [2.24, 2.45) is 5.92 Å². The van der Waals surface area contributed by atoms with E-state index in [1.54, 1.807) is 0 Å². The summed E-state index contributed by atoms with van der Waals surface area (Å²) in [5.41, 5.74) is 0. The molecule has 0 bridgehead atoms.